The summed E-state index contributed by atoms with van der Waals surface area (Å²) in [5.74, 6) is 1.68. The zero-order chi connectivity index (χ0) is 29.9. The molecule has 0 radical (unpaired) electrons. The van der Waals surface area contributed by atoms with Crippen LogP contribution in [0, 0.1) is 11.8 Å². The molecule has 2 atom stereocenters. The van der Waals surface area contributed by atoms with Gasteiger partial charge in [-0.25, -0.2) is 0 Å². The molecule has 0 heterocycles. The number of rotatable bonds is 36. The zero-order valence-electron chi connectivity index (χ0n) is 29.5. The Morgan fingerprint density at radius 3 is 0.683 bits per heavy atom. The molecule has 0 aromatic carbocycles. The van der Waals surface area contributed by atoms with Gasteiger partial charge in [-0.1, -0.05) is 233 Å². The van der Waals surface area contributed by atoms with Crippen LogP contribution in [0.15, 0.2) is 0 Å². The van der Waals surface area contributed by atoms with E-state index in [1.807, 2.05) is 0 Å². The zero-order valence-corrected chi connectivity index (χ0v) is 29.5. The predicted molar refractivity (Wildman–Crippen MR) is 190 cm³/mol. The molecule has 0 aromatic rings. The molecule has 2 N–H and O–H groups in total. The van der Waals surface area contributed by atoms with Gasteiger partial charge in [0, 0.05) is 0 Å². The van der Waals surface area contributed by atoms with Gasteiger partial charge in [0.25, 0.3) is 0 Å². The molecular weight excluding hydrogens is 494 g/mol. The lowest BCUT2D eigenvalue weighted by molar-refractivity contribution is 0.261. The Labute approximate surface area is 262 Å². The highest BCUT2D eigenvalue weighted by Gasteiger charge is 2.19. The van der Waals surface area contributed by atoms with Crippen LogP contribution < -0.4 is 5.73 Å². The SMILES string of the molecule is CCCCCCCCCCCCCC(CCCCCCCCCCCC)C(CN)CCCCCCCCCCCC. The third-order valence-electron chi connectivity index (χ3n) is 10.0. The van der Waals surface area contributed by atoms with Crippen LogP contribution in [0.1, 0.15) is 239 Å². The van der Waals surface area contributed by atoms with Crippen LogP contribution in [0.3, 0.4) is 0 Å². The third-order valence-corrected chi connectivity index (χ3v) is 10.0. The number of nitrogens with two attached hydrogens (primary N) is 1. The summed E-state index contributed by atoms with van der Waals surface area (Å²) in [6, 6.07) is 0. The normalized spacial score (nSPS) is 13.2. The standard InChI is InChI=1S/C40H83N/c1-4-7-10-13-16-19-22-25-27-30-33-36-39(35-32-29-26-23-20-17-14-11-8-5-2)40(38-41)37-34-31-28-24-21-18-15-12-9-6-3/h39-40H,4-38,41H2,1-3H3. The minimum absolute atomic E-state index is 0.783. The Morgan fingerprint density at radius 1 is 0.268 bits per heavy atom. The average molecular weight is 578 g/mol. The van der Waals surface area contributed by atoms with Gasteiger partial charge in [-0.05, 0) is 24.8 Å². The van der Waals surface area contributed by atoms with Crippen LogP contribution in [0.25, 0.3) is 0 Å². The Balaban J connectivity index is 4.19. The molecule has 248 valence electrons. The molecule has 0 fully saturated rings. The second kappa shape index (κ2) is 36.2. The maximum Gasteiger partial charge on any atom is -0.00462 e. The second-order valence-corrected chi connectivity index (χ2v) is 14.0. The van der Waals surface area contributed by atoms with E-state index in [9.17, 15) is 0 Å². The Kier molecular flexibility index (Phi) is 36.1. The lowest BCUT2D eigenvalue weighted by Crippen LogP contribution is -2.24. The molecule has 1 heteroatoms. The predicted octanol–water partition coefficient (Wildman–Crippen LogP) is 14.5. The summed E-state index contributed by atoms with van der Waals surface area (Å²) in [5.41, 5.74) is 6.44. The summed E-state index contributed by atoms with van der Waals surface area (Å²) in [6.45, 7) is 7.87. The molecule has 0 saturated heterocycles. The van der Waals surface area contributed by atoms with Crippen LogP contribution in [0.2, 0.25) is 0 Å². The van der Waals surface area contributed by atoms with Crippen LogP contribution >= 0.6 is 0 Å². The van der Waals surface area contributed by atoms with Crippen molar-refractivity contribution in [3.8, 4) is 0 Å². The molecule has 0 aliphatic carbocycles. The summed E-state index contributed by atoms with van der Waals surface area (Å²) in [7, 11) is 0. The van der Waals surface area contributed by atoms with E-state index in [4.69, 9.17) is 5.73 Å². The molecule has 0 bridgehead atoms. The van der Waals surface area contributed by atoms with Gasteiger partial charge in [-0.15, -0.1) is 0 Å². The first-order chi connectivity index (χ1) is 20.3. The second-order valence-electron chi connectivity index (χ2n) is 14.0. The van der Waals surface area contributed by atoms with Crippen molar-refractivity contribution >= 4 is 0 Å². The van der Waals surface area contributed by atoms with E-state index in [-0.39, 0.29) is 0 Å². The summed E-state index contributed by atoms with van der Waals surface area (Å²) >= 11 is 0. The highest BCUT2D eigenvalue weighted by molar-refractivity contribution is 4.72. The van der Waals surface area contributed by atoms with E-state index in [0.29, 0.717) is 0 Å². The van der Waals surface area contributed by atoms with Gasteiger partial charge in [0.15, 0.2) is 0 Å². The van der Waals surface area contributed by atoms with Crippen LogP contribution in [-0.2, 0) is 0 Å². The lowest BCUT2D eigenvalue weighted by atomic mass is 9.80. The Hall–Kier alpha value is -0.0400. The fraction of sp³-hybridized carbons (Fsp3) is 1.00. The first-order valence-electron chi connectivity index (χ1n) is 20.0. The first-order valence-corrected chi connectivity index (χ1v) is 20.0. The quantitative estimate of drug-likeness (QED) is 0.0736. The van der Waals surface area contributed by atoms with Crippen LogP contribution in [-0.4, -0.2) is 6.54 Å². The van der Waals surface area contributed by atoms with Gasteiger partial charge in [0.05, 0.1) is 0 Å². The number of unbranched alkanes of at least 4 members (excludes halogenated alkanes) is 28. The van der Waals surface area contributed by atoms with E-state index in [1.54, 1.807) is 0 Å². The third kappa shape index (κ3) is 31.2. The van der Waals surface area contributed by atoms with Gasteiger partial charge in [-0.2, -0.15) is 0 Å². The minimum Gasteiger partial charge on any atom is -0.330 e. The molecule has 2 unspecified atom stereocenters. The van der Waals surface area contributed by atoms with Crippen molar-refractivity contribution in [3.63, 3.8) is 0 Å². The highest BCUT2D eigenvalue weighted by atomic mass is 14.6. The largest absolute Gasteiger partial charge is 0.330 e. The van der Waals surface area contributed by atoms with Crippen molar-refractivity contribution in [2.45, 2.75) is 239 Å². The molecule has 0 spiro atoms. The lowest BCUT2D eigenvalue weighted by Gasteiger charge is -2.26. The minimum atomic E-state index is 0.783. The van der Waals surface area contributed by atoms with Crippen molar-refractivity contribution in [2.24, 2.45) is 17.6 Å². The van der Waals surface area contributed by atoms with E-state index in [2.05, 4.69) is 20.8 Å². The van der Waals surface area contributed by atoms with Crippen LogP contribution in [0.5, 0.6) is 0 Å². The van der Waals surface area contributed by atoms with E-state index < -0.39 is 0 Å². The molecule has 1 nitrogen and oxygen atoms in total. The first kappa shape index (κ1) is 41.0. The average Bonchev–Trinajstić information content (AvgIpc) is 2.99. The summed E-state index contributed by atoms with van der Waals surface area (Å²) in [6.07, 6.45) is 49.2. The topological polar surface area (TPSA) is 26.0 Å². The summed E-state index contributed by atoms with van der Waals surface area (Å²) < 4.78 is 0. The van der Waals surface area contributed by atoms with E-state index in [1.165, 1.54) is 218 Å². The summed E-state index contributed by atoms with van der Waals surface area (Å²) in [5, 5.41) is 0. The fourth-order valence-corrected chi connectivity index (χ4v) is 7.02. The Bertz CT molecular complexity index is 446. The smallest absolute Gasteiger partial charge is 0.00462 e. The van der Waals surface area contributed by atoms with Crippen molar-refractivity contribution in [2.75, 3.05) is 6.54 Å². The van der Waals surface area contributed by atoms with Crippen LogP contribution in [0.4, 0.5) is 0 Å². The van der Waals surface area contributed by atoms with Crippen molar-refractivity contribution in [1.29, 1.82) is 0 Å². The van der Waals surface area contributed by atoms with Gasteiger partial charge >= 0.3 is 0 Å². The van der Waals surface area contributed by atoms with Gasteiger partial charge in [-0.3, -0.25) is 0 Å². The maximum absolute atomic E-state index is 6.44. The number of hydrogen-bond acceptors (Lipinski definition) is 1. The van der Waals surface area contributed by atoms with Crippen molar-refractivity contribution in [3.05, 3.63) is 0 Å². The van der Waals surface area contributed by atoms with Gasteiger partial charge < -0.3 is 5.73 Å². The molecule has 0 aliphatic rings. The maximum atomic E-state index is 6.44. The molecule has 0 aliphatic heterocycles. The van der Waals surface area contributed by atoms with Crippen molar-refractivity contribution in [1.82, 2.24) is 0 Å². The van der Waals surface area contributed by atoms with E-state index in [0.717, 1.165) is 18.4 Å². The van der Waals surface area contributed by atoms with E-state index >= 15 is 0 Å². The number of hydrogen-bond donors (Lipinski definition) is 1. The molecule has 41 heavy (non-hydrogen) atoms. The van der Waals surface area contributed by atoms with Crippen molar-refractivity contribution < 1.29 is 0 Å². The Morgan fingerprint density at radius 2 is 0.463 bits per heavy atom. The van der Waals surface area contributed by atoms with Gasteiger partial charge in [0.1, 0.15) is 0 Å². The molecule has 0 aromatic heterocycles. The molecule has 0 saturated carbocycles. The monoisotopic (exact) mass is 578 g/mol. The summed E-state index contributed by atoms with van der Waals surface area (Å²) in [4.78, 5) is 0. The fourth-order valence-electron chi connectivity index (χ4n) is 7.02. The molecule has 0 amide bonds. The molecule has 0 rings (SSSR count). The molecular formula is C40H83N. The highest BCUT2D eigenvalue weighted by Crippen LogP contribution is 2.29. The van der Waals surface area contributed by atoms with Gasteiger partial charge in [0.2, 0.25) is 0 Å².